The van der Waals surface area contributed by atoms with Gasteiger partial charge < -0.3 is 10.5 Å². The zero-order valence-corrected chi connectivity index (χ0v) is 12.6. The van der Waals surface area contributed by atoms with Crippen molar-refractivity contribution in [3.05, 3.63) is 48.3 Å². The van der Waals surface area contributed by atoms with Gasteiger partial charge in [-0.2, -0.15) is 0 Å². The summed E-state index contributed by atoms with van der Waals surface area (Å²) in [6.07, 6.45) is 3.25. The van der Waals surface area contributed by atoms with Crippen molar-refractivity contribution in [2.24, 2.45) is 0 Å². The lowest BCUT2D eigenvalue weighted by atomic mass is 10.2. The van der Waals surface area contributed by atoms with E-state index in [2.05, 4.69) is 9.71 Å². The summed E-state index contributed by atoms with van der Waals surface area (Å²) in [7, 11) is -2.23. The van der Waals surface area contributed by atoms with Crippen LogP contribution in [0.5, 0.6) is 5.75 Å². The van der Waals surface area contributed by atoms with Gasteiger partial charge in [-0.15, -0.1) is 0 Å². The molecule has 2 rings (SSSR count). The van der Waals surface area contributed by atoms with Crippen molar-refractivity contribution in [3.8, 4) is 5.75 Å². The summed E-state index contributed by atoms with van der Waals surface area (Å²) in [4.78, 5) is 4.00. The van der Waals surface area contributed by atoms with Crippen molar-refractivity contribution in [1.82, 2.24) is 9.71 Å². The van der Waals surface area contributed by atoms with Crippen LogP contribution in [-0.4, -0.2) is 20.5 Å². The summed E-state index contributed by atoms with van der Waals surface area (Å²) >= 11 is 0. The number of nitrogen functional groups attached to an aromatic ring is 1. The highest BCUT2D eigenvalue weighted by atomic mass is 32.2. The highest BCUT2D eigenvalue weighted by Crippen LogP contribution is 2.25. The molecule has 0 aliphatic heterocycles. The van der Waals surface area contributed by atoms with Crippen LogP contribution in [0, 0.1) is 0 Å². The molecule has 1 heterocycles. The van der Waals surface area contributed by atoms with Crippen LogP contribution in [0.1, 0.15) is 18.5 Å². The first-order valence-corrected chi connectivity index (χ1v) is 7.78. The van der Waals surface area contributed by atoms with E-state index in [9.17, 15) is 8.42 Å². The summed E-state index contributed by atoms with van der Waals surface area (Å²) in [5.74, 6) is 0.506. The van der Waals surface area contributed by atoms with Gasteiger partial charge in [-0.05, 0) is 30.7 Å². The van der Waals surface area contributed by atoms with E-state index in [-0.39, 0.29) is 10.6 Å². The lowest BCUT2D eigenvalue weighted by Gasteiger charge is -2.15. The summed E-state index contributed by atoms with van der Waals surface area (Å²) in [5.41, 5.74) is 6.70. The van der Waals surface area contributed by atoms with Crippen LogP contribution in [0.25, 0.3) is 0 Å². The number of hydrogen-bond donors (Lipinski definition) is 2. The molecule has 1 unspecified atom stereocenters. The Morgan fingerprint density at radius 3 is 2.67 bits per heavy atom. The molecular formula is C14H17N3O3S. The third-order valence-electron chi connectivity index (χ3n) is 3.02. The fraction of sp³-hybridized carbons (Fsp3) is 0.214. The van der Waals surface area contributed by atoms with Gasteiger partial charge in [0.05, 0.1) is 12.8 Å². The van der Waals surface area contributed by atoms with Crippen molar-refractivity contribution < 1.29 is 13.2 Å². The summed E-state index contributed by atoms with van der Waals surface area (Å²) in [6, 6.07) is 7.60. The molecule has 3 N–H and O–H groups in total. The number of anilines is 1. The standard InChI is InChI=1S/C14H17N3O3S/c1-10(11-4-3-7-16-9-11)17-21(18,19)14-6-5-12(20-2)8-13(14)15/h3-10,17H,15H2,1-2H3. The minimum atomic E-state index is -3.72. The maximum Gasteiger partial charge on any atom is 0.243 e. The molecule has 0 spiro atoms. The molecule has 112 valence electrons. The van der Waals surface area contributed by atoms with E-state index < -0.39 is 16.1 Å². The second kappa shape index (κ2) is 6.11. The molecule has 1 aromatic carbocycles. The molecule has 0 bridgehead atoms. The molecule has 0 fully saturated rings. The molecule has 0 saturated heterocycles. The summed E-state index contributed by atoms with van der Waals surface area (Å²) in [6.45, 7) is 1.74. The fourth-order valence-electron chi connectivity index (χ4n) is 1.89. The second-order valence-corrected chi connectivity index (χ2v) is 6.22. The van der Waals surface area contributed by atoms with Crippen molar-refractivity contribution >= 4 is 15.7 Å². The molecule has 1 atom stereocenters. The molecule has 0 aliphatic rings. The fourth-order valence-corrected chi connectivity index (χ4v) is 3.24. The number of rotatable bonds is 5. The molecule has 2 aromatic rings. The van der Waals surface area contributed by atoms with Gasteiger partial charge in [-0.1, -0.05) is 6.07 Å². The first-order valence-electron chi connectivity index (χ1n) is 6.30. The lowest BCUT2D eigenvalue weighted by molar-refractivity contribution is 0.414. The van der Waals surface area contributed by atoms with Gasteiger partial charge >= 0.3 is 0 Å². The maximum atomic E-state index is 12.4. The number of pyridine rings is 1. The number of hydrogen-bond acceptors (Lipinski definition) is 5. The Balaban J connectivity index is 2.26. The van der Waals surface area contributed by atoms with Crippen LogP contribution < -0.4 is 15.2 Å². The Labute approximate surface area is 124 Å². The van der Waals surface area contributed by atoms with E-state index in [1.807, 2.05) is 0 Å². The summed E-state index contributed by atoms with van der Waals surface area (Å²) < 4.78 is 32.4. The van der Waals surface area contributed by atoms with Crippen molar-refractivity contribution in [1.29, 1.82) is 0 Å². The number of sulfonamides is 1. The molecule has 6 nitrogen and oxygen atoms in total. The number of ether oxygens (including phenoxy) is 1. The zero-order chi connectivity index (χ0) is 15.5. The Morgan fingerprint density at radius 2 is 2.10 bits per heavy atom. The van der Waals surface area contributed by atoms with Crippen molar-refractivity contribution in [2.75, 3.05) is 12.8 Å². The van der Waals surface area contributed by atoms with Crippen LogP contribution in [0.15, 0.2) is 47.6 Å². The zero-order valence-electron chi connectivity index (χ0n) is 11.8. The highest BCUT2D eigenvalue weighted by Gasteiger charge is 2.21. The van der Waals surface area contributed by atoms with Crippen LogP contribution in [-0.2, 0) is 10.0 Å². The average Bonchev–Trinajstić information content (AvgIpc) is 2.47. The number of aromatic nitrogens is 1. The highest BCUT2D eigenvalue weighted by molar-refractivity contribution is 7.89. The van der Waals surface area contributed by atoms with E-state index in [0.717, 1.165) is 5.56 Å². The largest absolute Gasteiger partial charge is 0.497 e. The van der Waals surface area contributed by atoms with Gasteiger partial charge in [0.1, 0.15) is 10.6 Å². The average molecular weight is 307 g/mol. The molecular weight excluding hydrogens is 290 g/mol. The molecule has 21 heavy (non-hydrogen) atoms. The Morgan fingerprint density at radius 1 is 1.33 bits per heavy atom. The first kappa shape index (κ1) is 15.3. The Kier molecular flexibility index (Phi) is 4.44. The minimum Gasteiger partial charge on any atom is -0.497 e. The van der Waals surface area contributed by atoms with E-state index in [1.165, 1.54) is 19.2 Å². The number of nitrogens with two attached hydrogens (primary N) is 1. The molecule has 0 radical (unpaired) electrons. The van der Waals surface area contributed by atoms with Gasteiger partial charge in [0.2, 0.25) is 10.0 Å². The monoisotopic (exact) mass is 307 g/mol. The van der Waals surface area contributed by atoms with E-state index >= 15 is 0 Å². The van der Waals surface area contributed by atoms with Gasteiger partial charge in [-0.25, -0.2) is 13.1 Å². The Hall–Kier alpha value is -2.12. The number of methoxy groups -OCH3 is 1. The number of nitrogens with one attached hydrogen (secondary N) is 1. The maximum absolute atomic E-state index is 12.4. The van der Waals surface area contributed by atoms with E-state index in [4.69, 9.17) is 10.5 Å². The smallest absolute Gasteiger partial charge is 0.243 e. The molecule has 7 heteroatoms. The van der Waals surface area contributed by atoms with Crippen LogP contribution >= 0.6 is 0 Å². The Bertz CT molecular complexity index is 717. The van der Waals surface area contributed by atoms with Crippen LogP contribution in [0.4, 0.5) is 5.69 Å². The number of benzene rings is 1. The van der Waals surface area contributed by atoms with Crippen LogP contribution in [0.3, 0.4) is 0 Å². The molecule has 1 aromatic heterocycles. The predicted octanol–water partition coefficient (Wildman–Crippen LogP) is 1.71. The quantitative estimate of drug-likeness (QED) is 0.820. The predicted molar refractivity (Wildman–Crippen MR) is 80.4 cm³/mol. The van der Waals surface area contributed by atoms with Crippen LogP contribution in [0.2, 0.25) is 0 Å². The normalized spacial score (nSPS) is 12.9. The van der Waals surface area contributed by atoms with E-state index in [0.29, 0.717) is 5.75 Å². The minimum absolute atomic E-state index is 0.0269. The topological polar surface area (TPSA) is 94.3 Å². The molecule has 0 saturated carbocycles. The van der Waals surface area contributed by atoms with Gasteiger partial charge in [0.25, 0.3) is 0 Å². The lowest BCUT2D eigenvalue weighted by Crippen LogP contribution is -2.27. The third kappa shape index (κ3) is 3.50. The molecule has 0 aliphatic carbocycles. The second-order valence-electron chi connectivity index (χ2n) is 4.53. The van der Waals surface area contributed by atoms with Gasteiger partial charge in [0.15, 0.2) is 0 Å². The van der Waals surface area contributed by atoms with E-state index in [1.54, 1.807) is 37.5 Å². The first-order chi connectivity index (χ1) is 9.94. The van der Waals surface area contributed by atoms with Gasteiger partial charge in [0, 0.05) is 24.5 Å². The van der Waals surface area contributed by atoms with Gasteiger partial charge in [-0.3, -0.25) is 4.98 Å². The SMILES string of the molecule is COc1ccc(S(=O)(=O)NC(C)c2cccnc2)c(N)c1. The molecule has 0 amide bonds. The van der Waals surface area contributed by atoms with Crippen molar-refractivity contribution in [3.63, 3.8) is 0 Å². The summed E-state index contributed by atoms with van der Waals surface area (Å²) in [5, 5.41) is 0. The number of nitrogens with zero attached hydrogens (tertiary/aromatic N) is 1. The van der Waals surface area contributed by atoms with Crippen molar-refractivity contribution in [2.45, 2.75) is 17.9 Å². The third-order valence-corrected chi connectivity index (χ3v) is 4.64.